The summed E-state index contributed by atoms with van der Waals surface area (Å²) in [5.74, 6) is -0.0582. The molecule has 2 heterocycles. The van der Waals surface area contributed by atoms with Gasteiger partial charge in [-0.25, -0.2) is 0 Å². The summed E-state index contributed by atoms with van der Waals surface area (Å²) in [6.45, 7) is 0. The normalized spacial score (nSPS) is 10.0. The fourth-order valence-corrected chi connectivity index (χ4v) is 2.67. The van der Waals surface area contributed by atoms with Crippen molar-refractivity contribution in [2.45, 2.75) is 0 Å². The van der Waals surface area contributed by atoms with Gasteiger partial charge in [-0.05, 0) is 22.9 Å². The summed E-state index contributed by atoms with van der Waals surface area (Å²) in [5.41, 5.74) is 0.480. The van der Waals surface area contributed by atoms with E-state index in [2.05, 4.69) is 0 Å². The lowest BCUT2D eigenvalue weighted by Crippen LogP contribution is -1.98. The Bertz CT molecular complexity index is 454. The van der Waals surface area contributed by atoms with Crippen molar-refractivity contribution in [1.29, 1.82) is 0 Å². The van der Waals surface area contributed by atoms with Gasteiger partial charge in [0.05, 0.1) is 9.75 Å². The molecule has 2 nitrogen and oxygen atoms in total. The summed E-state index contributed by atoms with van der Waals surface area (Å²) in [6.07, 6.45) is 0.720. The minimum absolute atomic E-state index is 0.0582. The maximum atomic E-state index is 11.8. The Morgan fingerprint density at radius 3 is 2.71 bits per heavy atom. The van der Waals surface area contributed by atoms with Gasteiger partial charge in [-0.3, -0.25) is 9.59 Å². The van der Waals surface area contributed by atoms with E-state index < -0.39 is 0 Å². The Kier molecular flexibility index (Phi) is 2.56. The smallest absolute Gasteiger partial charge is 0.213 e. The van der Waals surface area contributed by atoms with Crippen molar-refractivity contribution in [2.75, 3.05) is 0 Å². The predicted molar refractivity (Wildman–Crippen MR) is 57.5 cm³/mol. The highest BCUT2D eigenvalue weighted by Gasteiger charge is 2.15. The first-order valence-electron chi connectivity index (χ1n) is 3.94. The molecule has 2 rings (SSSR count). The molecule has 0 aliphatic carbocycles. The molecule has 0 aliphatic rings. The minimum Gasteiger partial charge on any atom is -0.298 e. The van der Waals surface area contributed by atoms with Crippen LogP contribution in [0.15, 0.2) is 29.0 Å². The molecule has 0 atom stereocenters. The third kappa shape index (κ3) is 1.54. The lowest BCUT2D eigenvalue weighted by atomic mass is 10.2. The Hall–Kier alpha value is -1.26. The van der Waals surface area contributed by atoms with Crippen LogP contribution < -0.4 is 0 Å². The number of hydrogen-bond acceptors (Lipinski definition) is 4. The third-order valence-electron chi connectivity index (χ3n) is 1.77. The fraction of sp³-hybridized carbons (Fsp3) is 0. The molecule has 0 saturated carbocycles. The molecular formula is C10H6O2S2. The maximum absolute atomic E-state index is 11.8. The fourth-order valence-electron chi connectivity index (χ4n) is 1.12. The number of ketones is 1. The molecule has 0 amide bonds. The van der Waals surface area contributed by atoms with E-state index in [1.807, 2.05) is 11.4 Å². The number of thiophene rings is 2. The van der Waals surface area contributed by atoms with Crippen LogP contribution in [0.2, 0.25) is 0 Å². The van der Waals surface area contributed by atoms with Crippen LogP contribution in [-0.4, -0.2) is 12.1 Å². The van der Waals surface area contributed by atoms with E-state index in [9.17, 15) is 9.59 Å². The second-order valence-electron chi connectivity index (χ2n) is 2.63. The third-order valence-corrected chi connectivity index (χ3v) is 3.57. The Balaban J connectivity index is 2.41. The van der Waals surface area contributed by atoms with Crippen LogP contribution in [0.25, 0.3) is 0 Å². The van der Waals surface area contributed by atoms with Crippen molar-refractivity contribution < 1.29 is 9.59 Å². The van der Waals surface area contributed by atoms with E-state index in [4.69, 9.17) is 0 Å². The topological polar surface area (TPSA) is 34.1 Å². The van der Waals surface area contributed by atoms with Gasteiger partial charge in [0.15, 0.2) is 6.29 Å². The number of rotatable bonds is 3. The van der Waals surface area contributed by atoms with Crippen molar-refractivity contribution >= 4 is 34.7 Å². The number of aldehydes is 1. The SMILES string of the molecule is O=Cc1ccsc1C(=O)c1cccs1. The molecule has 0 bridgehead atoms. The molecule has 0 spiro atoms. The number of carbonyl (C=O) groups is 2. The summed E-state index contributed by atoms with van der Waals surface area (Å²) in [6, 6.07) is 5.26. The molecule has 0 N–H and O–H groups in total. The van der Waals surface area contributed by atoms with Crippen molar-refractivity contribution in [3.05, 3.63) is 44.3 Å². The average Bonchev–Trinajstić information content (AvgIpc) is 2.87. The second-order valence-corrected chi connectivity index (χ2v) is 4.49. The quantitative estimate of drug-likeness (QED) is 0.591. The lowest BCUT2D eigenvalue weighted by molar-refractivity contribution is 0.103. The molecule has 70 valence electrons. The van der Waals surface area contributed by atoms with Gasteiger partial charge in [0.1, 0.15) is 0 Å². The van der Waals surface area contributed by atoms with Gasteiger partial charge in [0.25, 0.3) is 0 Å². The van der Waals surface area contributed by atoms with E-state index in [1.54, 1.807) is 17.5 Å². The van der Waals surface area contributed by atoms with Gasteiger partial charge in [0.2, 0.25) is 5.78 Å². The minimum atomic E-state index is -0.0582. The zero-order valence-electron chi connectivity index (χ0n) is 7.10. The number of hydrogen-bond donors (Lipinski definition) is 0. The predicted octanol–water partition coefficient (Wildman–Crippen LogP) is 2.85. The molecule has 2 aromatic heterocycles. The molecule has 0 aliphatic heterocycles. The van der Waals surface area contributed by atoms with Crippen molar-refractivity contribution in [1.82, 2.24) is 0 Å². The van der Waals surface area contributed by atoms with Crippen molar-refractivity contribution in [3.63, 3.8) is 0 Å². The molecule has 14 heavy (non-hydrogen) atoms. The Morgan fingerprint density at radius 2 is 2.07 bits per heavy atom. The molecule has 0 fully saturated rings. The van der Waals surface area contributed by atoms with Crippen LogP contribution in [0, 0.1) is 0 Å². The first-order valence-corrected chi connectivity index (χ1v) is 5.69. The van der Waals surface area contributed by atoms with E-state index >= 15 is 0 Å². The summed E-state index contributed by atoms with van der Waals surface area (Å²) in [4.78, 5) is 23.6. The molecule has 0 aromatic carbocycles. The Labute approximate surface area is 88.8 Å². The molecule has 0 radical (unpaired) electrons. The highest BCUT2D eigenvalue weighted by atomic mass is 32.1. The monoisotopic (exact) mass is 222 g/mol. The highest BCUT2D eigenvalue weighted by Crippen LogP contribution is 2.21. The largest absolute Gasteiger partial charge is 0.298 e. The first kappa shape index (κ1) is 9.30. The summed E-state index contributed by atoms with van der Waals surface area (Å²) < 4.78 is 0. The highest BCUT2D eigenvalue weighted by molar-refractivity contribution is 7.16. The van der Waals surface area contributed by atoms with Crippen LogP contribution in [0.1, 0.15) is 24.9 Å². The second kappa shape index (κ2) is 3.86. The standard InChI is InChI=1S/C10H6O2S2/c11-6-7-3-5-14-10(7)9(12)8-2-1-4-13-8/h1-6H. The van der Waals surface area contributed by atoms with Gasteiger partial charge in [-0.2, -0.15) is 0 Å². The van der Waals surface area contributed by atoms with E-state index in [1.165, 1.54) is 22.7 Å². The number of carbonyl (C=O) groups excluding carboxylic acids is 2. The van der Waals surface area contributed by atoms with Crippen LogP contribution in [0.5, 0.6) is 0 Å². The zero-order chi connectivity index (χ0) is 9.97. The zero-order valence-corrected chi connectivity index (χ0v) is 8.73. The summed E-state index contributed by atoms with van der Waals surface area (Å²) in [7, 11) is 0. The summed E-state index contributed by atoms with van der Waals surface area (Å²) in [5, 5.41) is 3.60. The van der Waals surface area contributed by atoms with Gasteiger partial charge in [-0.1, -0.05) is 6.07 Å². The average molecular weight is 222 g/mol. The Morgan fingerprint density at radius 1 is 1.21 bits per heavy atom. The van der Waals surface area contributed by atoms with E-state index in [0.717, 1.165) is 6.29 Å². The van der Waals surface area contributed by atoms with E-state index in [0.29, 0.717) is 15.3 Å². The molecule has 0 unspecified atom stereocenters. The van der Waals surface area contributed by atoms with Gasteiger partial charge < -0.3 is 0 Å². The molecule has 4 heteroatoms. The van der Waals surface area contributed by atoms with Crippen molar-refractivity contribution in [3.8, 4) is 0 Å². The first-order chi connectivity index (χ1) is 6.83. The maximum Gasteiger partial charge on any atom is 0.213 e. The summed E-state index contributed by atoms with van der Waals surface area (Å²) >= 11 is 2.70. The lowest BCUT2D eigenvalue weighted by Gasteiger charge is -1.93. The van der Waals surface area contributed by atoms with Gasteiger partial charge in [0, 0.05) is 5.56 Å². The van der Waals surface area contributed by atoms with Crippen LogP contribution in [0.4, 0.5) is 0 Å². The molecule has 2 aromatic rings. The molecular weight excluding hydrogens is 216 g/mol. The van der Waals surface area contributed by atoms with Crippen LogP contribution >= 0.6 is 22.7 Å². The van der Waals surface area contributed by atoms with E-state index in [-0.39, 0.29) is 5.78 Å². The van der Waals surface area contributed by atoms with Crippen molar-refractivity contribution in [2.24, 2.45) is 0 Å². The van der Waals surface area contributed by atoms with Crippen LogP contribution in [0.3, 0.4) is 0 Å². The van der Waals surface area contributed by atoms with Crippen LogP contribution in [-0.2, 0) is 0 Å². The van der Waals surface area contributed by atoms with Gasteiger partial charge in [-0.15, -0.1) is 22.7 Å². The molecule has 0 saturated heterocycles. The van der Waals surface area contributed by atoms with Gasteiger partial charge >= 0.3 is 0 Å².